The zero-order chi connectivity index (χ0) is 33.5. The summed E-state index contributed by atoms with van der Waals surface area (Å²) < 4.78 is 68.7. The van der Waals surface area contributed by atoms with Crippen LogP contribution in [-0.4, -0.2) is 92.4 Å². The quantitative estimate of drug-likeness (QED) is 0.0599. The van der Waals surface area contributed by atoms with Crippen molar-refractivity contribution in [2.24, 2.45) is 0 Å². The van der Waals surface area contributed by atoms with Crippen molar-refractivity contribution < 1.29 is 36.2 Å². The molecule has 2 heterocycles. The van der Waals surface area contributed by atoms with Crippen LogP contribution in [0.3, 0.4) is 0 Å². The molecule has 20 nitrogen and oxygen atoms in total. The number of aliphatic hydroxyl groups is 2. The molecule has 0 bridgehead atoms. The summed E-state index contributed by atoms with van der Waals surface area (Å²) in [5.41, 5.74) is -1.63. The topological polar surface area (TPSA) is 315 Å². The van der Waals surface area contributed by atoms with Gasteiger partial charge in [-0.1, -0.05) is 24.3 Å². The normalized spacial score (nSPS) is 11.8. The summed E-state index contributed by atoms with van der Waals surface area (Å²) in [5, 5.41) is 28.4. The number of H-pyrrole nitrogens is 2. The van der Waals surface area contributed by atoms with E-state index in [1.165, 1.54) is 36.4 Å². The molecule has 0 saturated heterocycles. The lowest BCUT2D eigenvalue weighted by atomic mass is 10.1. The van der Waals surface area contributed by atoms with E-state index >= 15 is 0 Å². The molecule has 0 unspecified atom stereocenters. The van der Waals surface area contributed by atoms with Crippen LogP contribution in [0.1, 0.15) is 11.1 Å². The van der Waals surface area contributed by atoms with Crippen LogP contribution in [0.4, 0.5) is 35.2 Å². The van der Waals surface area contributed by atoms with Crippen LogP contribution in [-0.2, 0) is 20.2 Å². The predicted molar refractivity (Wildman–Crippen MR) is 164 cm³/mol. The maximum atomic E-state index is 12.2. The summed E-state index contributed by atoms with van der Waals surface area (Å²) >= 11 is 0. The Morgan fingerprint density at radius 1 is 0.652 bits per heavy atom. The molecule has 0 amide bonds. The van der Waals surface area contributed by atoms with Gasteiger partial charge in [0.1, 0.15) is 9.79 Å². The van der Waals surface area contributed by atoms with Crippen LogP contribution in [0, 0.1) is 0 Å². The highest BCUT2D eigenvalue weighted by Gasteiger charge is 2.18. The molecule has 46 heavy (non-hydrogen) atoms. The third kappa shape index (κ3) is 9.13. The Balaban J connectivity index is 1.64. The molecular weight excluding hydrogens is 652 g/mol. The molecule has 0 saturated carbocycles. The van der Waals surface area contributed by atoms with Crippen molar-refractivity contribution in [3.05, 3.63) is 68.5 Å². The van der Waals surface area contributed by atoms with E-state index in [1.54, 1.807) is 0 Å². The maximum absolute atomic E-state index is 12.2. The lowest BCUT2D eigenvalue weighted by Gasteiger charge is -2.11. The van der Waals surface area contributed by atoms with E-state index in [2.05, 4.69) is 51.2 Å². The average Bonchev–Trinajstić information content (AvgIpc) is 2.97. The maximum Gasteiger partial charge on any atom is 0.351 e. The van der Waals surface area contributed by atoms with Crippen LogP contribution in [0.5, 0.6) is 0 Å². The van der Waals surface area contributed by atoms with E-state index < -0.39 is 41.4 Å². The molecule has 244 valence electrons. The predicted octanol–water partition coefficient (Wildman–Crippen LogP) is -0.397. The summed E-state index contributed by atoms with van der Waals surface area (Å²) in [6.07, 6.45) is 2.35. The fourth-order valence-electron chi connectivity index (χ4n) is 3.78. The van der Waals surface area contributed by atoms with Crippen molar-refractivity contribution in [3.63, 3.8) is 0 Å². The lowest BCUT2D eigenvalue weighted by molar-refractivity contribution is 0.310. The summed E-state index contributed by atoms with van der Waals surface area (Å²) in [6.45, 7) is -0.393. The number of benzene rings is 2. The molecule has 0 aliphatic rings. The fraction of sp³-hybridized carbons (Fsp3) is 0.167. The Bertz CT molecular complexity index is 1950. The van der Waals surface area contributed by atoms with Crippen molar-refractivity contribution in [2.75, 3.05) is 47.6 Å². The first-order chi connectivity index (χ1) is 21.7. The summed E-state index contributed by atoms with van der Waals surface area (Å²) in [4.78, 5) is 42.3. The number of hydrogen-bond donors (Lipinski definition) is 10. The fourth-order valence-corrected chi connectivity index (χ4v) is 5.20. The van der Waals surface area contributed by atoms with Gasteiger partial charge in [-0.05, 0) is 35.4 Å². The van der Waals surface area contributed by atoms with Crippen LogP contribution in [0.2, 0.25) is 0 Å². The third-order valence-corrected chi connectivity index (χ3v) is 7.46. The van der Waals surface area contributed by atoms with Gasteiger partial charge >= 0.3 is 11.4 Å². The Hall–Kier alpha value is -5.26. The van der Waals surface area contributed by atoms with Gasteiger partial charge in [-0.3, -0.25) is 19.1 Å². The molecule has 4 rings (SSSR count). The van der Waals surface area contributed by atoms with Crippen LogP contribution in [0.15, 0.2) is 55.8 Å². The minimum atomic E-state index is -4.85. The molecule has 4 aromatic rings. The third-order valence-electron chi connectivity index (χ3n) is 5.64. The first-order valence-electron chi connectivity index (χ1n) is 12.9. The highest BCUT2D eigenvalue weighted by atomic mass is 32.2. The molecule has 0 radical (unpaired) electrons. The Morgan fingerprint density at radius 3 is 1.39 bits per heavy atom. The molecule has 22 heteroatoms. The number of nitrogens with one attached hydrogen (secondary N) is 6. The number of aromatic nitrogens is 6. The second-order valence-electron chi connectivity index (χ2n) is 8.99. The Kier molecular flexibility index (Phi) is 10.4. The van der Waals surface area contributed by atoms with Gasteiger partial charge in [0, 0.05) is 24.5 Å². The van der Waals surface area contributed by atoms with Gasteiger partial charge in [-0.15, -0.1) is 0 Å². The van der Waals surface area contributed by atoms with Crippen molar-refractivity contribution in [1.82, 2.24) is 29.9 Å². The van der Waals surface area contributed by atoms with E-state index in [0.717, 1.165) is 12.1 Å². The SMILES string of the molecule is O=c1nc(NCCO)nc(Nc2ccc(/C=C/c3ccc(Nc4nc(NCCO)nc(=O)[nH]4)cc3S(=O)(=O)O)c(S(=O)(=O)O)c2)[nH]1. The number of hydrogen-bond acceptors (Lipinski definition) is 16. The van der Waals surface area contributed by atoms with Crippen LogP contribution >= 0.6 is 0 Å². The minimum absolute atomic E-state index is 0.0584. The van der Waals surface area contributed by atoms with E-state index in [9.17, 15) is 35.5 Å². The summed E-state index contributed by atoms with van der Waals surface area (Å²) in [6, 6.07) is 7.33. The van der Waals surface area contributed by atoms with Gasteiger partial charge in [0.15, 0.2) is 0 Å². The first kappa shape index (κ1) is 33.6. The number of anilines is 6. The molecule has 0 aliphatic heterocycles. The van der Waals surface area contributed by atoms with E-state index in [1.807, 2.05) is 0 Å². The van der Waals surface area contributed by atoms with Gasteiger partial charge in [0.2, 0.25) is 23.8 Å². The second kappa shape index (κ2) is 14.2. The summed E-state index contributed by atoms with van der Waals surface area (Å²) in [5.74, 6) is -0.507. The van der Waals surface area contributed by atoms with Crippen molar-refractivity contribution in [1.29, 1.82) is 0 Å². The monoisotopic (exact) mass is 678 g/mol. The molecule has 0 fully saturated rings. The van der Waals surface area contributed by atoms with Crippen LogP contribution < -0.4 is 32.6 Å². The van der Waals surface area contributed by atoms with Gasteiger partial charge in [-0.25, -0.2) is 9.59 Å². The number of aromatic amines is 2. The Morgan fingerprint density at radius 2 is 1.04 bits per heavy atom. The largest absolute Gasteiger partial charge is 0.395 e. The smallest absolute Gasteiger partial charge is 0.351 e. The average molecular weight is 679 g/mol. The second-order valence-corrected chi connectivity index (χ2v) is 11.8. The van der Waals surface area contributed by atoms with Crippen molar-refractivity contribution in [2.45, 2.75) is 9.79 Å². The highest BCUT2D eigenvalue weighted by Crippen LogP contribution is 2.27. The van der Waals surface area contributed by atoms with Gasteiger partial charge in [0.05, 0.1) is 13.2 Å². The van der Waals surface area contributed by atoms with E-state index in [0.29, 0.717) is 0 Å². The number of aliphatic hydroxyl groups excluding tert-OH is 2. The standard InChI is InChI=1S/C24H26N10O10S2/c35-9-7-25-19-29-21(33-23(37)31-19)27-15-5-3-13(17(11-15)45(39,40)41)1-2-14-4-6-16(12-18(14)46(42,43)44)28-22-30-20(26-8-10-36)32-24(38)34-22/h1-6,11-12,35-36H,7-10H2,(H,39,40,41)(H,42,43,44)(H3,25,27,29,31,33,37)(H3,26,28,30,32,34,38)/b2-1+. The highest BCUT2D eigenvalue weighted by molar-refractivity contribution is 7.86. The van der Waals surface area contributed by atoms with Crippen molar-refractivity contribution in [3.8, 4) is 0 Å². The number of rotatable bonds is 14. The molecule has 0 aliphatic carbocycles. The van der Waals surface area contributed by atoms with Gasteiger partial charge in [-0.2, -0.15) is 36.8 Å². The van der Waals surface area contributed by atoms with E-state index in [4.69, 9.17) is 10.2 Å². The first-order valence-corrected chi connectivity index (χ1v) is 15.7. The zero-order valence-electron chi connectivity index (χ0n) is 23.3. The van der Waals surface area contributed by atoms with Gasteiger partial charge < -0.3 is 31.5 Å². The molecular formula is C24H26N10O10S2. The Labute approximate surface area is 259 Å². The molecule has 10 N–H and O–H groups in total. The number of nitrogens with zero attached hydrogens (tertiary/aromatic N) is 4. The molecule has 2 aromatic carbocycles. The molecule has 0 spiro atoms. The lowest BCUT2D eigenvalue weighted by Crippen LogP contribution is -2.19. The van der Waals surface area contributed by atoms with Crippen LogP contribution in [0.25, 0.3) is 12.2 Å². The van der Waals surface area contributed by atoms with Crippen molar-refractivity contribution >= 4 is 67.6 Å². The molecule has 0 atom stereocenters. The zero-order valence-corrected chi connectivity index (χ0v) is 24.9. The minimum Gasteiger partial charge on any atom is -0.395 e. The van der Waals surface area contributed by atoms with Gasteiger partial charge in [0.25, 0.3) is 20.2 Å². The molecule has 2 aromatic heterocycles. The summed E-state index contributed by atoms with van der Waals surface area (Å²) in [7, 11) is -9.70. The van der Waals surface area contributed by atoms with E-state index in [-0.39, 0.29) is 72.6 Å².